The van der Waals surface area contributed by atoms with E-state index in [1.54, 1.807) is 0 Å². The fourth-order valence-corrected chi connectivity index (χ4v) is 3.51. The van der Waals surface area contributed by atoms with Gasteiger partial charge in [0, 0.05) is 0 Å². The van der Waals surface area contributed by atoms with Crippen LogP contribution < -0.4 is 0 Å². The maximum atomic E-state index is 2.43. The van der Waals surface area contributed by atoms with Gasteiger partial charge in [-0.05, 0) is 37.4 Å². The summed E-state index contributed by atoms with van der Waals surface area (Å²) in [7, 11) is 0.192. The number of benzene rings is 1. The Morgan fingerprint density at radius 1 is 1.00 bits per heavy atom. The largest absolute Gasteiger partial charge is 0.110 e. The van der Waals surface area contributed by atoms with Gasteiger partial charge in [-0.2, -0.15) is 0 Å². The second-order valence-corrected chi connectivity index (χ2v) is 7.81. The monoisotopic (exact) mass is 250 g/mol. The summed E-state index contributed by atoms with van der Waals surface area (Å²) >= 11 is 0. The van der Waals surface area contributed by atoms with Crippen LogP contribution in [0, 0.1) is 0 Å². The molecular formula is C16H27P. The first kappa shape index (κ1) is 14.7. The van der Waals surface area contributed by atoms with Gasteiger partial charge in [-0.3, -0.25) is 0 Å². The van der Waals surface area contributed by atoms with Crippen LogP contribution in [0.3, 0.4) is 0 Å². The maximum Gasteiger partial charge on any atom is -0.0174 e. The van der Waals surface area contributed by atoms with E-state index in [1.165, 1.54) is 44.1 Å². The van der Waals surface area contributed by atoms with E-state index in [2.05, 4.69) is 50.6 Å². The quantitative estimate of drug-likeness (QED) is 0.433. The molecule has 0 saturated carbocycles. The maximum absolute atomic E-state index is 2.43. The molecule has 0 N–H and O–H groups in total. The van der Waals surface area contributed by atoms with E-state index in [0.29, 0.717) is 0 Å². The van der Waals surface area contributed by atoms with Gasteiger partial charge in [0.15, 0.2) is 0 Å². The van der Waals surface area contributed by atoms with Gasteiger partial charge >= 0.3 is 0 Å². The third-order valence-electron chi connectivity index (χ3n) is 3.44. The molecule has 0 aromatic heterocycles. The lowest BCUT2D eigenvalue weighted by Gasteiger charge is -2.21. The van der Waals surface area contributed by atoms with Gasteiger partial charge in [-0.15, -0.1) is 7.92 Å². The van der Waals surface area contributed by atoms with E-state index in [1.807, 2.05) is 0 Å². The van der Waals surface area contributed by atoms with E-state index < -0.39 is 0 Å². The van der Waals surface area contributed by atoms with Gasteiger partial charge in [-0.1, -0.05) is 62.9 Å². The Hall–Kier alpha value is -0.350. The summed E-state index contributed by atoms with van der Waals surface area (Å²) in [5.74, 6) is 0. The summed E-state index contributed by atoms with van der Waals surface area (Å²) < 4.78 is 0. The van der Waals surface area contributed by atoms with Crippen molar-refractivity contribution in [2.45, 2.75) is 51.1 Å². The van der Waals surface area contributed by atoms with E-state index >= 15 is 0 Å². The molecule has 0 radical (unpaired) electrons. The van der Waals surface area contributed by atoms with Crippen LogP contribution >= 0.6 is 7.92 Å². The summed E-state index contributed by atoms with van der Waals surface area (Å²) in [5.41, 5.74) is 2.44. The Balaban J connectivity index is 2.38. The third kappa shape index (κ3) is 6.22. The molecule has 0 saturated heterocycles. The summed E-state index contributed by atoms with van der Waals surface area (Å²) in [6.45, 7) is 7.15. The minimum absolute atomic E-state index is 0.192. The van der Waals surface area contributed by atoms with E-state index in [0.717, 1.165) is 5.66 Å². The molecule has 0 spiro atoms. The highest BCUT2D eigenvalue weighted by atomic mass is 31.1. The predicted octanol–water partition coefficient (Wildman–Crippen LogP) is 5.31. The van der Waals surface area contributed by atoms with Gasteiger partial charge in [0.25, 0.3) is 0 Å². The number of hydrogen-bond donors (Lipinski definition) is 0. The van der Waals surface area contributed by atoms with E-state index in [9.17, 15) is 0 Å². The number of rotatable bonds is 8. The van der Waals surface area contributed by atoms with Crippen molar-refractivity contribution in [2.75, 3.05) is 13.3 Å². The zero-order valence-corrected chi connectivity index (χ0v) is 12.5. The van der Waals surface area contributed by atoms with Crippen LogP contribution in [0.4, 0.5) is 0 Å². The topological polar surface area (TPSA) is 0 Å². The van der Waals surface area contributed by atoms with E-state index in [4.69, 9.17) is 0 Å². The molecule has 0 fully saturated rings. The molecule has 0 heterocycles. The van der Waals surface area contributed by atoms with Crippen molar-refractivity contribution in [3.05, 3.63) is 35.9 Å². The molecule has 96 valence electrons. The molecule has 0 amide bonds. The average molecular weight is 250 g/mol. The Morgan fingerprint density at radius 2 is 1.71 bits per heavy atom. The molecule has 0 aliphatic rings. The van der Waals surface area contributed by atoms with Crippen molar-refractivity contribution >= 4 is 7.92 Å². The number of hydrogen-bond acceptors (Lipinski definition) is 0. The zero-order valence-electron chi connectivity index (χ0n) is 11.7. The van der Waals surface area contributed by atoms with Crippen molar-refractivity contribution in [1.82, 2.24) is 0 Å². The van der Waals surface area contributed by atoms with Crippen molar-refractivity contribution in [3.8, 4) is 0 Å². The molecule has 1 aromatic rings. The van der Waals surface area contributed by atoms with Crippen LogP contribution in [-0.2, 0) is 6.42 Å². The molecule has 1 atom stereocenters. The summed E-state index contributed by atoms with van der Waals surface area (Å²) in [6.07, 6.45) is 8.30. The van der Waals surface area contributed by atoms with Gasteiger partial charge in [0.05, 0.1) is 0 Å². The third-order valence-corrected chi connectivity index (χ3v) is 5.34. The predicted molar refractivity (Wildman–Crippen MR) is 81.5 cm³/mol. The first-order valence-electron chi connectivity index (χ1n) is 6.94. The van der Waals surface area contributed by atoms with Gasteiger partial charge in [0.2, 0.25) is 0 Å². The Kier molecular flexibility index (Phi) is 7.53. The average Bonchev–Trinajstić information content (AvgIpc) is 2.34. The molecule has 0 aliphatic heterocycles. The van der Waals surface area contributed by atoms with Crippen molar-refractivity contribution in [3.63, 3.8) is 0 Å². The van der Waals surface area contributed by atoms with Gasteiger partial charge in [0.1, 0.15) is 0 Å². The molecule has 1 aromatic carbocycles. The van der Waals surface area contributed by atoms with Crippen molar-refractivity contribution in [2.24, 2.45) is 0 Å². The summed E-state index contributed by atoms with van der Waals surface area (Å²) in [5, 5.41) is 0. The lowest BCUT2D eigenvalue weighted by atomic mass is 10.0. The minimum Gasteiger partial charge on any atom is -0.110 e. The Labute approximate surface area is 109 Å². The lowest BCUT2D eigenvalue weighted by molar-refractivity contribution is 0.612. The van der Waals surface area contributed by atoms with E-state index in [-0.39, 0.29) is 7.92 Å². The smallest absolute Gasteiger partial charge is 0.0174 e. The van der Waals surface area contributed by atoms with Crippen LogP contribution in [0.5, 0.6) is 0 Å². The Bertz CT molecular complexity index is 279. The summed E-state index contributed by atoms with van der Waals surface area (Å²) in [6, 6.07) is 11.0. The molecule has 0 nitrogen and oxygen atoms in total. The minimum atomic E-state index is 0.192. The number of unbranched alkanes of at least 4 members (excludes halogenated alkanes) is 3. The molecule has 17 heavy (non-hydrogen) atoms. The second kappa shape index (κ2) is 8.70. The molecule has 1 unspecified atom stereocenters. The molecule has 1 rings (SSSR count). The van der Waals surface area contributed by atoms with Gasteiger partial charge < -0.3 is 0 Å². The van der Waals surface area contributed by atoms with Crippen LogP contribution in [0.15, 0.2) is 30.3 Å². The Morgan fingerprint density at radius 3 is 2.29 bits per heavy atom. The SMILES string of the molecule is CCCCCCC(Cc1ccccc1)P(C)C. The highest BCUT2D eigenvalue weighted by Gasteiger charge is 2.12. The highest BCUT2D eigenvalue weighted by molar-refractivity contribution is 7.56. The lowest BCUT2D eigenvalue weighted by Crippen LogP contribution is -2.09. The highest BCUT2D eigenvalue weighted by Crippen LogP contribution is 2.37. The standard InChI is InChI=1S/C16H27P/c1-4-5-6-10-13-16(17(2)3)14-15-11-8-7-9-12-15/h7-9,11-12,16H,4-6,10,13-14H2,1-3H3. The summed E-state index contributed by atoms with van der Waals surface area (Å²) in [4.78, 5) is 0. The van der Waals surface area contributed by atoms with Gasteiger partial charge in [-0.25, -0.2) is 0 Å². The molecule has 0 aliphatic carbocycles. The van der Waals surface area contributed by atoms with Crippen LogP contribution in [0.2, 0.25) is 0 Å². The van der Waals surface area contributed by atoms with Crippen LogP contribution in [0.1, 0.15) is 44.6 Å². The zero-order chi connectivity index (χ0) is 12.5. The fraction of sp³-hybridized carbons (Fsp3) is 0.625. The molecule has 0 bridgehead atoms. The fourth-order valence-electron chi connectivity index (χ4n) is 2.24. The second-order valence-electron chi connectivity index (χ2n) is 5.16. The first-order valence-corrected chi connectivity index (χ1v) is 9.25. The van der Waals surface area contributed by atoms with Crippen molar-refractivity contribution < 1.29 is 0 Å². The molecule has 1 heteroatoms. The normalized spacial score (nSPS) is 12.9. The first-order chi connectivity index (χ1) is 8.24. The van der Waals surface area contributed by atoms with Crippen LogP contribution in [0.25, 0.3) is 0 Å². The van der Waals surface area contributed by atoms with Crippen molar-refractivity contribution in [1.29, 1.82) is 0 Å². The van der Waals surface area contributed by atoms with Crippen LogP contribution in [-0.4, -0.2) is 19.0 Å². The molecular weight excluding hydrogens is 223 g/mol.